The van der Waals surface area contributed by atoms with Gasteiger partial charge in [-0.2, -0.15) is 0 Å². The van der Waals surface area contributed by atoms with E-state index >= 15 is 0 Å². The Labute approximate surface area is 148 Å². The molecule has 0 aliphatic heterocycles. The van der Waals surface area contributed by atoms with Crippen LogP contribution in [0, 0.1) is 0 Å². The van der Waals surface area contributed by atoms with Crippen molar-refractivity contribution in [3.05, 3.63) is 79.1 Å². The Hall–Kier alpha value is -3.35. The first kappa shape index (κ1) is 17.5. The van der Waals surface area contributed by atoms with Crippen LogP contribution in [0.3, 0.4) is 0 Å². The van der Waals surface area contributed by atoms with Crippen LogP contribution in [-0.4, -0.2) is 21.6 Å². The average Bonchev–Trinajstić information content (AvgIpc) is 3.07. The van der Waals surface area contributed by atoms with Crippen molar-refractivity contribution in [2.45, 2.75) is 20.3 Å². The van der Waals surface area contributed by atoms with E-state index in [0.717, 1.165) is 5.56 Å². The number of hydrogen-bond donors (Lipinski definition) is 2. The summed E-state index contributed by atoms with van der Waals surface area (Å²) in [5, 5.41) is 0.287. The first-order valence-corrected chi connectivity index (χ1v) is 8.32. The van der Waals surface area contributed by atoms with Gasteiger partial charge in [-0.25, -0.2) is 4.98 Å². The second kappa shape index (κ2) is 7.69. The predicted molar refractivity (Wildman–Crippen MR) is 97.6 cm³/mol. The lowest BCUT2D eigenvalue weighted by molar-refractivity contribution is 0.340. The first-order chi connectivity index (χ1) is 12.6. The fourth-order valence-corrected chi connectivity index (χ4v) is 2.52. The Morgan fingerprint density at radius 3 is 2.54 bits per heavy atom. The van der Waals surface area contributed by atoms with E-state index in [1.165, 1.54) is 12.5 Å². The topological polar surface area (TPSA) is 101 Å². The molecule has 0 radical (unpaired) electrons. The minimum absolute atomic E-state index is 0.124. The highest BCUT2D eigenvalue weighted by Crippen LogP contribution is 2.13. The van der Waals surface area contributed by atoms with Crippen LogP contribution in [0.25, 0.3) is 12.2 Å². The van der Waals surface area contributed by atoms with Crippen molar-refractivity contribution in [2.75, 3.05) is 6.61 Å². The summed E-state index contributed by atoms with van der Waals surface area (Å²) >= 11 is 0. The molecular weight excluding hydrogens is 334 g/mol. The molecule has 0 aliphatic rings. The molecule has 2 heterocycles. The zero-order valence-corrected chi connectivity index (χ0v) is 14.5. The zero-order valence-electron chi connectivity index (χ0n) is 14.5. The van der Waals surface area contributed by atoms with Gasteiger partial charge in [-0.15, -0.1) is 0 Å². The number of oxazole rings is 1. The van der Waals surface area contributed by atoms with Gasteiger partial charge in [0.15, 0.2) is 6.39 Å². The van der Waals surface area contributed by atoms with Crippen LogP contribution < -0.4 is 26.6 Å². The summed E-state index contributed by atoms with van der Waals surface area (Å²) in [7, 11) is 0. The molecule has 3 rings (SSSR count). The lowest BCUT2D eigenvalue weighted by Gasteiger charge is -2.02. The van der Waals surface area contributed by atoms with Gasteiger partial charge in [0.2, 0.25) is 0 Å². The van der Waals surface area contributed by atoms with E-state index < -0.39 is 11.1 Å². The van der Waals surface area contributed by atoms with Crippen molar-refractivity contribution in [1.29, 1.82) is 0 Å². The Morgan fingerprint density at radius 1 is 1.12 bits per heavy atom. The summed E-state index contributed by atoms with van der Waals surface area (Å²) < 4.78 is 10.7. The van der Waals surface area contributed by atoms with E-state index in [1.54, 1.807) is 12.1 Å². The van der Waals surface area contributed by atoms with E-state index in [0.29, 0.717) is 30.2 Å². The molecule has 3 aromatic rings. The van der Waals surface area contributed by atoms with E-state index in [2.05, 4.69) is 15.0 Å². The van der Waals surface area contributed by atoms with E-state index in [4.69, 9.17) is 9.15 Å². The summed E-state index contributed by atoms with van der Waals surface area (Å²) in [5.41, 5.74) is 0.453. The van der Waals surface area contributed by atoms with Gasteiger partial charge in [0, 0.05) is 6.42 Å². The van der Waals surface area contributed by atoms with E-state index in [-0.39, 0.29) is 10.7 Å². The quantitative estimate of drug-likeness (QED) is 0.702. The van der Waals surface area contributed by atoms with Crippen molar-refractivity contribution >= 4 is 12.2 Å². The number of hydrogen-bond acceptors (Lipinski definition) is 5. The molecule has 0 unspecified atom stereocenters. The Bertz CT molecular complexity index is 1140. The molecule has 0 atom stereocenters. The molecule has 0 spiro atoms. The molecule has 0 saturated carbocycles. The number of aromatic nitrogens is 3. The van der Waals surface area contributed by atoms with Gasteiger partial charge in [0.05, 0.1) is 6.61 Å². The number of H-pyrrole nitrogens is 2. The van der Waals surface area contributed by atoms with Crippen molar-refractivity contribution in [1.82, 2.24) is 15.0 Å². The average molecular weight is 353 g/mol. The van der Waals surface area contributed by atoms with Crippen LogP contribution in [0.4, 0.5) is 0 Å². The van der Waals surface area contributed by atoms with Crippen LogP contribution in [0.2, 0.25) is 0 Å². The monoisotopic (exact) mass is 353 g/mol. The van der Waals surface area contributed by atoms with Crippen LogP contribution >= 0.6 is 0 Å². The smallest absolute Gasteiger partial charge is 0.272 e. The Balaban J connectivity index is 2.07. The maximum atomic E-state index is 12.3. The number of benzene rings is 1. The second-order valence-electron chi connectivity index (χ2n) is 5.54. The molecule has 26 heavy (non-hydrogen) atoms. The minimum Gasteiger partial charge on any atom is -0.494 e. The summed E-state index contributed by atoms with van der Waals surface area (Å²) in [4.78, 5) is 33.9. The highest BCUT2D eigenvalue weighted by atomic mass is 16.5. The molecular formula is C19H19N3O4. The van der Waals surface area contributed by atoms with Crippen LogP contribution in [-0.2, 0) is 6.42 Å². The molecule has 7 heteroatoms. The first-order valence-electron chi connectivity index (χ1n) is 8.32. The normalized spacial score (nSPS) is 12.5. The lowest BCUT2D eigenvalue weighted by atomic mass is 10.2. The molecule has 0 bridgehead atoms. The van der Waals surface area contributed by atoms with Gasteiger partial charge in [0.1, 0.15) is 27.9 Å². The molecule has 2 aromatic heterocycles. The van der Waals surface area contributed by atoms with Gasteiger partial charge < -0.3 is 19.1 Å². The molecule has 0 amide bonds. The Morgan fingerprint density at radius 2 is 1.85 bits per heavy atom. The number of ether oxygens (including phenoxy) is 1. The van der Waals surface area contributed by atoms with Gasteiger partial charge >= 0.3 is 0 Å². The van der Waals surface area contributed by atoms with Gasteiger partial charge in [0.25, 0.3) is 11.1 Å². The number of aryl methyl sites for hydroxylation is 1. The number of aromatic amines is 2. The molecule has 1 aromatic carbocycles. The van der Waals surface area contributed by atoms with Crippen molar-refractivity contribution in [3.63, 3.8) is 0 Å². The number of nitrogens with zero attached hydrogens (tertiary/aromatic N) is 1. The second-order valence-corrected chi connectivity index (χ2v) is 5.54. The van der Waals surface area contributed by atoms with Gasteiger partial charge in [-0.1, -0.05) is 19.1 Å². The Kier molecular flexibility index (Phi) is 5.17. The zero-order chi connectivity index (χ0) is 18.5. The standard InChI is InChI=1S/C19H19N3O4/c1-3-17-14(20-11-26-17)10-16-19(24)21-15(18(23)22-16)9-12-6-5-7-13(8-12)25-4-2/h5-11H,3-4H2,1-2H3,(H,21,24)(H,22,23)/b15-9-,16-10-. The SMILES string of the molecule is CCOc1cccc(/C=c2\[nH]c(=O)/c(=C/c3ncoc3CC)[nH]c2=O)c1. The molecule has 134 valence electrons. The molecule has 0 saturated heterocycles. The lowest BCUT2D eigenvalue weighted by Crippen LogP contribution is -2.46. The van der Waals surface area contributed by atoms with Crippen LogP contribution in [0.5, 0.6) is 5.75 Å². The maximum absolute atomic E-state index is 12.3. The van der Waals surface area contributed by atoms with Crippen LogP contribution in [0.15, 0.2) is 44.7 Å². The van der Waals surface area contributed by atoms with Crippen molar-refractivity contribution in [3.8, 4) is 5.75 Å². The largest absolute Gasteiger partial charge is 0.494 e. The summed E-state index contributed by atoms with van der Waals surface area (Å²) in [5.74, 6) is 1.34. The van der Waals surface area contributed by atoms with E-state index in [1.807, 2.05) is 32.0 Å². The summed E-state index contributed by atoms with van der Waals surface area (Å²) in [6, 6.07) is 7.27. The van der Waals surface area contributed by atoms with Crippen LogP contribution in [0.1, 0.15) is 30.9 Å². The van der Waals surface area contributed by atoms with Gasteiger partial charge in [-0.05, 0) is 36.8 Å². The molecule has 2 N–H and O–H groups in total. The minimum atomic E-state index is -0.415. The highest BCUT2D eigenvalue weighted by Gasteiger charge is 2.04. The number of nitrogens with one attached hydrogen (secondary N) is 2. The molecule has 0 aliphatic carbocycles. The molecule has 0 fully saturated rings. The highest BCUT2D eigenvalue weighted by molar-refractivity contribution is 5.51. The maximum Gasteiger partial charge on any atom is 0.272 e. The number of rotatable bonds is 5. The van der Waals surface area contributed by atoms with Crippen molar-refractivity contribution in [2.24, 2.45) is 0 Å². The molecule has 7 nitrogen and oxygen atoms in total. The van der Waals surface area contributed by atoms with Crippen molar-refractivity contribution < 1.29 is 9.15 Å². The predicted octanol–water partition coefficient (Wildman–Crippen LogP) is 0.670. The third-order valence-corrected chi connectivity index (χ3v) is 3.74. The fraction of sp³-hybridized carbons (Fsp3) is 0.211. The third kappa shape index (κ3) is 3.83. The van der Waals surface area contributed by atoms with Gasteiger partial charge in [-0.3, -0.25) is 9.59 Å². The van der Waals surface area contributed by atoms with E-state index in [9.17, 15) is 9.59 Å². The fourth-order valence-electron chi connectivity index (χ4n) is 2.52. The summed E-state index contributed by atoms with van der Waals surface area (Å²) in [6.45, 7) is 4.36. The third-order valence-electron chi connectivity index (χ3n) is 3.74. The summed E-state index contributed by atoms with van der Waals surface area (Å²) in [6.07, 6.45) is 5.04.